The predicted molar refractivity (Wildman–Crippen MR) is 70.8 cm³/mol. The third-order valence-electron chi connectivity index (χ3n) is 3.97. The van der Waals surface area contributed by atoms with Crippen molar-refractivity contribution >= 4 is 0 Å². The molecule has 0 aliphatic heterocycles. The molecule has 0 aliphatic carbocycles. The smallest absolute Gasteiger partial charge is 0.328 e. The van der Waals surface area contributed by atoms with Gasteiger partial charge in [-0.15, -0.1) is 0 Å². The zero-order valence-electron chi connectivity index (χ0n) is 15.7. The minimum Gasteiger partial charge on any atom is -0.328 e. The molecule has 0 aliphatic rings. The highest BCUT2D eigenvalue weighted by Crippen LogP contribution is 2.64. The lowest BCUT2D eigenvalue weighted by atomic mass is 9.89. The first kappa shape index (κ1) is 30.8. The summed E-state index contributed by atoms with van der Waals surface area (Å²) in [7, 11) is 0. The van der Waals surface area contributed by atoms with E-state index < -0.39 is 59.8 Å². The first-order valence-electron chi connectivity index (χ1n) is 7.93. The van der Waals surface area contributed by atoms with Gasteiger partial charge in [0.15, 0.2) is 0 Å². The van der Waals surface area contributed by atoms with Crippen LogP contribution in [-0.2, 0) is 4.74 Å². The van der Waals surface area contributed by atoms with Crippen LogP contribution in [0.25, 0.3) is 0 Å². The summed E-state index contributed by atoms with van der Waals surface area (Å²) in [4.78, 5) is 0. The van der Waals surface area contributed by atoms with Crippen molar-refractivity contribution < 1.29 is 79.4 Å². The number of ether oxygens (including phenoxy) is 1. The van der Waals surface area contributed by atoms with Gasteiger partial charge in [0.1, 0.15) is 0 Å². The highest BCUT2D eigenvalue weighted by Gasteiger charge is 2.95. The van der Waals surface area contributed by atoms with Gasteiger partial charge < -0.3 is 4.74 Å². The fraction of sp³-hybridized carbons (Fsp3) is 1.00. The molecule has 0 saturated heterocycles. The van der Waals surface area contributed by atoms with Crippen LogP contribution in [0.3, 0.4) is 0 Å². The second-order valence-corrected chi connectivity index (χ2v) is 7.07. The van der Waals surface area contributed by atoms with Crippen LogP contribution >= 0.6 is 0 Å². The maximum Gasteiger partial charge on any atom is 0.460 e. The van der Waals surface area contributed by atoms with E-state index >= 15 is 0 Å². The average molecular weight is 520 g/mol. The van der Waals surface area contributed by atoms with Gasteiger partial charge in [-0.05, 0) is 20.3 Å². The maximum atomic E-state index is 14.3. The fourth-order valence-corrected chi connectivity index (χ4v) is 2.31. The molecule has 0 saturated carbocycles. The Hall–Kier alpha value is -1.23. The molecular formula is C14H13F17O. The molecule has 1 nitrogen and oxygen atoms in total. The normalized spacial score (nSPS) is 18.0. The van der Waals surface area contributed by atoms with E-state index in [0.29, 0.717) is 13.8 Å². The van der Waals surface area contributed by atoms with Gasteiger partial charge in [-0.1, -0.05) is 13.3 Å². The molecule has 0 aromatic carbocycles. The molecule has 0 fully saturated rings. The first-order valence-corrected chi connectivity index (χ1v) is 7.93. The van der Waals surface area contributed by atoms with E-state index in [9.17, 15) is 74.6 Å². The Kier molecular flexibility index (Phi) is 7.62. The highest BCUT2D eigenvalue weighted by molar-refractivity contribution is 5.14. The molecule has 0 spiro atoms. The zero-order valence-corrected chi connectivity index (χ0v) is 15.7. The van der Waals surface area contributed by atoms with Gasteiger partial charge in [-0.2, -0.15) is 74.6 Å². The molecule has 1 unspecified atom stereocenters. The third kappa shape index (κ3) is 4.31. The fourth-order valence-electron chi connectivity index (χ4n) is 2.31. The predicted octanol–water partition coefficient (Wildman–Crippen LogP) is 7.55. The molecule has 18 heteroatoms. The van der Waals surface area contributed by atoms with Crippen LogP contribution in [0.4, 0.5) is 74.6 Å². The van der Waals surface area contributed by atoms with Gasteiger partial charge in [0.2, 0.25) is 0 Å². The summed E-state index contributed by atoms with van der Waals surface area (Å²) in [5.41, 5.74) is -2.83. The molecule has 0 aromatic heterocycles. The number of rotatable bonds is 9. The number of hydrogen-bond acceptors (Lipinski definition) is 1. The van der Waals surface area contributed by atoms with E-state index in [4.69, 9.17) is 0 Å². The summed E-state index contributed by atoms with van der Waals surface area (Å²) >= 11 is 0. The minimum absolute atomic E-state index is 0.324. The van der Waals surface area contributed by atoms with Gasteiger partial charge in [0.25, 0.3) is 0 Å². The lowest BCUT2D eigenvalue weighted by Crippen LogP contribution is -2.76. The molecule has 0 rings (SSSR count). The largest absolute Gasteiger partial charge is 0.460 e. The minimum atomic E-state index is -8.59. The topological polar surface area (TPSA) is 9.23 Å². The molecule has 32 heavy (non-hydrogen) atoms. The molecule has 0 N–H and O–H groups in total. The Morgan fingerprint density at radius 3 is 1.06 bits per heavy atom. The van der Waals surface area contributed by atoms with Crippen LogP contribution < -0.4 is 0 Å². The van der Waals surface area contributed by atoms with E-state index in [-0.39, 0.29) is 6.42 Å². The van der Waals surface area contributed by atoms with Crippen LogP contribution in [0.15, 0.2) is 0 Å². The highest BCUT2D eigenvalue weighted by atomic mass is 19.4. The Balaban J connectivity index is 6.97. The van der Waals surface area contributed by atoms with E-state index in [0.717, 1.165) is 6.92 Å². The lowest BCUT2D eigenvalue weighted by molar-refractivity contribution is -0.490. The molecule has 0 amide bonds. The van der Waals surface area contributed by atoms with Gasteiger partial charge in [0.05, 0.1) is 5.60 Å². The molecule has 0 radical (unpaired) electrons. The summed E-state index contributed by atoms with van der Waals surface area (Å²) in [6, 6.07) is 0. The maximum absolute atomic E-state index is 14.3. The first-order chi connectivity index (χ1) is 13.5. The average Bonchev–Trinajstić information content (AvgIpc) is 2.50. The van der Waals surface area contributed by atoms with Crippen LogP contribution in [0.1, 0.15) is 33.6 Å². The van der Waals surface area contributed by atoms with Gasteiger partial charge in [-0.25, -0.2) is 0 Å². The second kappa shape index (κ2) is 7.92. The molecular weight excluding hydrogens is 507 g/mol. The standard InChI is InChI=1S/C14H13F17O/c1-4-5-6(2,3)32-12(25,14(29,30)31)10(21,22)8(17,18)7(15,16)9(19,20)11(23,24)13(26,27)28/h4-5H2,1-3H3. The zero-order chi connectivity index (χ0) is 26.6. The van der Waals surface area contributed by atoms with Crippen LogP contribution in [-0.4, -0.2) is 53.4 Å². The number of halogens is 17. The van der Waals surface area contributed by atoms with E-state index in [1.807, 2.05) is 0 Å². The molecule has 1 atom stereocenters. The Labute approximate surface area is 167 Å². The monoisotopic (exact) mass is 520 g/mol. The van der Waals surface area contributed by atoms with Crippen molar-refractivity contribution in [2.75, 3.05) is 0 Å². The summed E-state index contributed by atoms with van der Waals surface area (Å²) in [6.45, 7) is 1.82. The Bertz CT molecular complexity index is 659. The lowest BCUT2D eigenvalue weighted by Gasteiger charge is -2.45. The van der Waals surface area contributed by atoms with Crippen molar-refractivity contribution in [3.8, 4) is 0 Å². The van der Waals surface area contributed by atoms with Gasteiger partial charge >= 0.3 is 47.8 Å². The van der Waals surface area contributed by atoms with Gasteiger partial charge in [0, 0.05) is 0 Å². The number of alkyl halides is 17. The summed E-state index contributed by atoms with van der Waals surface area (Å²) in [5, 5.41) is 0. The Morgan fingerprint density at radius 1 is 0.469 bits per heavy atom. The third-order valence-corrected chi connectivity index (χ3v) is 3.97. The molecule has 0 aromatic rings. The Morgan fingerprint density at radius 2 is 0.781 bits per heavy atom. The van der Waals surface area contributed by atoms with Crippen molar-refractivity contribution in [1.82, 2.24) is 0 Å². The summed E-state index contributed by atoms with van der Waals surface area (Å²) < 4.78 is 226. The molecule has 194 valence electrons. The van der Waals surface area contributed by atoms with Gasteiger partial charge in [-0.3, -0.25) is 0 Å². The van der Waals surface area contributed by atoms with E-state index in [2.05, 4.69) is 4.74 Å². The van der Waals surface area contributed by atoms with E-state index in [1.54, 1.807) is 0 Å². The van der Waals surface area contributed by atoms with Crippen LogP contribution in [0, 0.1) is 0 Å². The summed E-state index contributed by atoms with van der Waals surface area (Å²) in [5.74, 6) is -49.1. The van der Waals surface area contributed by atoms with Crippen LogP contribution in [0.5, 0.6) is 0 Å². The quantitative estimate of drug-likeness (QED) is 0.286. The SMILES string of the molecule is CCCC(C)(C)OC(F)(C(F)(F)F)C(F)(F)C(F)(F)C(F)(F)C(F)(F)C(F)(F)C(F)(F)F. The van der Waals surface area contributed by atoms with Crippen molar-refractivity contribution in [3.63, 3.8) is 0 Å². The second-order valence-electron chi connectivity index (χ2n) is 7.07. The number of hydrogen-bond donors (Lipinski definition) is 0. The van der Waals surface area contributed by atoms with Crippen molar-refractivity contribution in [2.24, 2.45) is 0 Å². The van der Waals surface area contributed by atoms with Crippen LogP contribution in [0.2, 0.25) is 0 Å². The molecule has 0 bridgehead atoms. The van der Waals surface area contributed by atoms with Crippen molar-refractivity contribution in [1.29, 1.82) is 0 Å². The van der Waals surface area contributed by atoms with E-state index in [1.165, 1.54) is 0 Å². The van der Waals surface area contributed by atoms with Crippen molar-refractivity contribution in [3.05, 3.63) is 0 Å². The summed E-state index contributed by atoms with van der Waals surface area (Å²) in [6.07, 6.45) is -16.3. The molecule has 0 heterocycles. The van der Waals surface area contributed by atoms with Crippen molar-refractivity contribution in [2.45, 2.75) is 87.0 Å².